The van der Waals surface area contributed by atoms with Crippen LogP contribution in [0.5, 0.6) is 0 Å². The van der Waals surface area contributed by atoms with Crippen molar-refractivity contribution in [1.82, 2.24) is 5.32 Å². The number of hydrogen-bond donors (Lipinski definition) is 1. The molecule has 0 fully saturated rings. The van der Waals surface area contributed by atoms with Gasteiger partial charge in [-0.1, -0.05) is 0 Å². The van der Waals surface area contributed by atoms with Gasteiger partial charge in [-0.3, -0.25) is 0 Å². The second-order valence-electron chi connectivity index (χ2n) is 0.554. The standard InChI is InChI=1S/C2H4N2.2CH2O2.Ca/c1-4-2-3;2*2-1-3;/h4H,1H3;2*1H,(H,2,3);/q;;;+2/p-2. The number of carboxylic acid groups (broad SMARTS) is 2. The molecule has 11 heavy (non-hydrogen) atoms. The van der Waals surface area contributed by atoms with E-state index in [4.69, 9.17) is 25.1 Å². The van der Waals surface area contributed by atoms with E-state index in [1.54, 1.807) is 13.2 Å². The molecule has 0 bridgehead atoms. The molecule has 0 unspecified atom stereocenters. The average Bonchev–Trinajstić information content (AvgIpc) is 1.91. The molecule has 6 nitrogen and oxygen atoms in total. The van der Waals surface area contributed by atoms with Crippen molar-refractivity contribution < 1.29 is 19.8 Å². The van der Waals surface area contributed by atoms with Crippen molar-refractivity contribution in [2.45, 2.75) is 0 Å². The van der Waals surface area contributed by atoms with Crippen LogP contribution in [0.4, 0.5) is 0 Å². The van der Waals surface area contributed by atoms with Crippen molar-refractivity contribution in [3.63, 3.8) is 0 Å². The maximum absolute atomic E-state index is 8.25. The van der Waals surface area contributed by atoms with Gasteiger partial charge >= 0.3 is 37.7 Å². The Morgan fingerprint density at radius 2 is 1.45 bits per heavy atom. The van der Waals surface area contributed by atoms with E-state index in [1.807, 2.05) is 0 Å². The molecule has 0 aliphatic carbocycles. The molecule has 7 heteroatoms. The minimum Gasteiger partial charge on any atom is -0.554 e. The summed E-state index contributed by atoms with van der Waals surface area (Å²) in [4.78, 5) is 16.5. The maximum atomic E-state index is 8.25. The Morgan fingerprint density at radius 3 is 1.45 bits per heavy atom. The number of rotatable bonds is 0. The van der Waals surface area contributed by atoms with E-state index in [0.29, 0.717) is 0 Å². The Bertz CT molecular complexity index is 96.8. The van der Waals surface area contributed by atoms with Gasteiger partial charge in [-0.05, 0) is 0 Å². The Balaban J connectivity index is -0.0000000325. The summed E-state index contributed by atoms with van der Waals surface area (Å²) in [5, 5.41) is 26.2. The molecule has 0 aromatic rings. The maximum Gasteiger partial charge on any atom is 2.00 e. The van der Waals surface area contributed by atoms with E-state index in [2.05, 4.69) is 5.32 Å². The van der Waals surface area contributed by atoms with E-state index in [0.717, 1.165) is 0 Å². The molecule has 0 aliphatic heterocycles. The van der Waals surface area contributed by atoms with E-state index in [9.17, 15) is 0 Å². The summed E-state index contributed by atoms with van der Waals surface area (Å²) in [6, 6.07) is 0. The van der Waals surface area contributed by atoms with Crippen molar-refractivity contribution in [2.24, 2.45) is 0 Å². The van der Waals surface area contributed by atoms with E-state index in [1.165, 1.54) is 0 Å². The third-order valence-corrected chi connectivity index (χ3v) is 0.112. The molecule has 58 valence electrons. The first kappa shape index (κ1) is 22.4. The second kappa shape index (κ2) is 56.2. The molecular formula is C4H6CaN2O4. The summed E-state index contributed by atoms with van der Waals surface area (Å²) in [5.74, 6) is 0. The molecule has 0 aromatic heterocycles. The van der Waals surface area contributed by atoms with Crippen LogP contribution in [0.25, 0.3) is 0 Å². The summed E-state index contributed by atoms with van der Waals surface area (Å²) < 4.78 is 0. The Hall–Kier alpha value is -0.510. The first-order chi connectivity index (χ1) is 4.74. The molecule has 0 saturated heterocycles. The largest absolute Gasteiger partial charge is 2.00 e. The minimum atomic E-state index is -0.500. The smallest absolute Gasteiger partial charge is 0.554 e. The van der Waals surface area contributed by atoms with Crippen molar-refractivity contribution in [3.05, 3.63) is 0 Å². The first-order valence-electron chi connectivity index (χ1n) is 1.92. The normalized spacial score (nSPS) is 3.64. The summed E-state index contributed by atoms with van der Waals surface area (Å²) in [6.45, 7) is -1.00. The van der Waals surface area contributed by atoms with Gasteiger partial charge in [0.2, 0.25) is 0 Å². The van der Waals surface area contributed by atoms with Crippen LogP contribution in [-0.4, -0.2) is 57.7 Å². The van der Waals surface area contributed by atoms with Crippen LogP contribution in [0.3, 0.4) is 0 Å². The molecule has 0 rings (SSSR count). The van der Waals surface area contributed by atoms with Gasteiger partial charge in [0.25, 0.3) is 0 Å². The number of nitriles is 1. The van der Waals surface area contributed by atoms with Crippen molar-refractivity contribution in [3.8, 4) is 6.19 Å². The fourth-order valence-corrected chi connectivity index (χ4v) is 0. The predicted octanol–water partition coefficient (Wildman–Crippen LogP) is -3.96. The zero-order valence-electron chi connectivity index (χ0n) is 5.94. The molecule has 0 amide bonds. The quantitative estimate of drug-likeness (QED) is 0.178. The van der Waals surface area contributed by atoms with Gasteiger partial charge in [-0.15, -0.1) is 0 Å². The molecule has 0 spiro atoms. The van der Waals surface area contributed by atoms with Crippen LogP contribution in [0.2, 0.25) is 0 Å². The van der Waals surface area contributed by atoms with Gasteiger partial charge in [-0.2, -0.15) is 5.26 Å². The summed E-state index contributed by atoms with van der Waals surface area (Å²) in [5.41, 5.74) is 0. The van der Waals surface area contributed by atoms with Crippen LogP contribution >= 0.6 is 0 Å². The first-order valence-corrected chi connectivity index (χ1v) is 1.92. The number of nitrogens with one attached hydrogen (secondary N) is 1. The van der Waals surface area contributed by atoms with Gasteiger partial charge in [0.15, 0.2) is 6.19 Å². The number of nitrogens with zero attached hydrogens (tertiary/aromatic N) is 1. The molecule has 0 atom stereocenters. The Morgan fingerprint density at radius 1 is 1.36 bits per heavy atom. The van der Waals surface area contributed by atoms with Crippen LogP contribution in [0.1, 0.15) is 0 Å². The fraction of sp³-hybridized carbons (Fsp3) is 0.250. The molecule has 1 N–H and O–H groups in total. The fourth-order valence-electron chi connectivity index (χ4n) is 0. The number of carbonyl (C=O) groups excluding carboxylic acids is 2. The molecule has 0 aromatic carbocycles. The number of hydrogen-bond acceptors (Lipinski definition) is 6. The van der Waals surface area contributed by atoms with Crippen molar-refractivity contribution in [2.75, 3.05) is 7.05 Å². The van der Waals surface area contributed by atoms with E-state index >= 15 is 0 Å². The third-order valence-electron chi connectivity index (χ3n) is 0.112. The molecular weight excluding hydrogens is 180 g/mol. The van der Waals surface area contributed by atoms with E-state index < -0.39 is 12.9 Å². The SMILES string of the molecule is CNC#N.O=C[O-].O=C[O-].[Ca+2]. The zero-order valence-corrected chi connectivity index (χ0v) is 8.15. The molecule has 0 heterocycles. The van der Waals surface area contributed by atoms with Crippen LogP contribution in [0, 0.1) is 11.5 Å². The van der Waals surface area contributed by atoms with Crippen LogP contribution in [0.15, 0.2) is 0 Å². The molecule has 0 radical (unpaired) electrons. The summed E-state index contributed by atoms with van der Waals surface area (Å²) >= 11 is 0. The third kappa shape index (κ3) is 2220. The predicted molar refractivity (Wildman–Crippen MR) is 32.6 cm³/mol. The van der Waals surface area contributed by atoms with Gasteiger partial charge in [0.1, 0.15) is 0 Å². The van der Waals surface area contributed by atoms with Gasteiger partial charge in [0.05, 0.1) is 0 Å². The average molecular weight is 186 g/mol. The number of carbonyl (C=O) groups is 2. The minimum absolute atomic E-state index is 0. The Labute approximate surface area is 93.8 Å². The van der Waals surface area contributed by atoms with Crippen LogP contribution in [-0.2, 0) is 9.59 Å². The topological polar surface area (TPSA) is 116 Å². The monoisotopic (exact) mass is 186 g/mol. The van der Waals surface area contributed by atoms with Crippen molar-refractivity contribution in [1.29, 1.82) is 5.26 Å². The van der Waals surface area contributed by atoms with Crippen molar-refractivity contribution >= 4 is 50.7 Å². The molecule has 0 saturated carbocycles. The second-order valence-corrected chi connectivity index (χ2v) is 0.554. The summed E-state index contributed by atoms with van der Waals surface area (Å²) in [6.07, 6.45) is 1.68. The zero-order chi connectivity index (χ0) is 8.83. The van der Waals surface area contributed by atoms with Gasteiger partial charge < -0.3 is 25.1 Å². The van der Waals surface area contributed by atoms with E-state index in [-0.39, 0.29) is 37.7 Å². The molecule has 0 aliphatic rings. The van der Waals surface area contributed by atoms with Crippen LogP contribution < -0.4 is 15.5 Å². The van der Waals surface area contributed by atoms with Gasteiger partial charge in [0, 0.05) is 20.0 Å². The summed E-state index contributed by atoms with van der Waals surface area (Å²) in [7, 11) is 1.57. The Kier molecular flexibility index (Phi) is 115. The van der Waals surface area contributed by atoms with Gasteiger partial charge in [-0.25, -0.2) is 0 Å².